The van der Waals surface area contributed by atoms with E-state index < -0.39 is 0 Å². The maximum Gasteiger partial charge on any atom is 0.0297 e. The normalized spacial score (nSPS) is 18.1. The minimum Gasteiger partial charge on any atom is -0.324 e. The molecular formula is C16H25N. The SMILES string of the molecule is CC(C)Cc1ccc(C(N)CC2CCC2)cc1. The first-order valence-electron chi connectivity index (χ1n) is 6.99. The molecule has 0 heterocycles. The average Bonchev–Trinajstić information content (AvgIpc) is 2.23. The Morgan fingerprint density at radius 3 is 2.29 bits per heavy atom. The van der Waals surface area contributed by atoms with Gasteiger partial charge in [-0.15, -0.1) is 0 Å². The first kappa shape index (κ1) is 12.6. The van der Waals surface area contributed by atoms with E-state index in [4.69, 9.17) is 5.73 Å². The Morgan fingerprint density at radius 1 is 1.18 bits per heavy atom. The topological polar surface area (TPSA) is 26.0 Å². The molecule has 0 radical (unpaired) electrons. The summed E-state index contributed by atoms with van der Waals surface area (Å²) in [6.45, 7) is 4.52. The molecule has 0 amide bonds. The van der Waals surface area contributed by atoms with Gasteiger partial charge in [-0.2, -0.15) is 0 Å². The summed E-state index contributed by atoms with van der Waals surface area (Å²) >= 11 is 0. The monoisotopic (exact) mass is 231 g/mol. The predicted molar refractivity (Wildman–Crippen MR) is 73.9 cm³/mol. The Morgan fingerprint density at radius 2 is 1.82 bits per heavy atom. The van der Waals surface area contributed by atoms with Crippen molar-refractivity contribution in [2.24, 2.45) is 17.6 Å². The molecular weight excluding hydrogens is 206 g/mol. The van der Waals surface area contributed by atoms with Crippen LogP contribution in [0.25, 0.3) is 0 Å². The van der Waals surface area contributed by atoms with Crippen LogP contribution < -0.4 is 5.73 Å². The van der Waals surface area contributed by atoms with Crippen molar-refractivity contribution in [1.29, 1.82) is 0 Å². The van der Waals surface area contributed by atoms with Gasteiger partial charge in [0.25, 0.3) is 0 Å². The van der Waals surface area contributed by atoms with Crippen molar-refractivity contribution in [3.8, 4) is 0 Å². The molecule has 17 heavy (non-hydrogen) atoms. The first-order valence-corrected chi connectivity index (χ1v) is 6.99. The lowest BCUT2D eigenvalue weighted by molar-refractivity contribution is 0.277. The fourth-order valence-corrected chi connectivity index (χ4v) is 2.60. The van der Waals surface area contributed by atoms with E-state index in [1.165, 1.54) is 36.8 Å². The third kappa shape index (κ3) is 3.57. The van der Waals surface area contributed by atoms with Crippen LogP contribution in [0.3, 0.4) is 0 Å². The number of hydrogen-bond acceptors (Lipinski definition) is 1. The lowest BCUT2D eigenvalue weighted by Gasteiger charge is -2.28. The maximum atomic E-state index is 6.26. The van der Waals surface area contributed by atoms with E-state index in [1.807, 2.05) is 0 Å². The molecule has 1 aliphatic carbocycles. The zero-order chi connectivity index (χ0) is 12.3. The highest BCUT2D eigenvalue weighted by atomic mass is 14.6. The first-order chi connectivity index (χ1) is 8.15. The molecule has 1 fully saturated rings. The van der Waals surface area contributed by atoms with Crippen LogP contribution >= 0.6 is 0 Å². The van der Waals surface area contributed by atoms with Gasteiger partial charge in [0.15, 0.2) is 0 Å². The van der Waals surface area contributed by atoms with Crippen LogP contribution in [0.1, 0.15) is 56.7 Å². The molecule has 2 rings (SSSR count). The van der Waals surface area contributed by atoms with Crippen molar-refractivity contribution < 1.29 is 0 Å². The summed E-state index contributed by atoms with van der Waals surface area (Å²) in [5.41, 5.74) is 9.00. The lowest BCUT2D eigenvalue weighted by Crippen LogP contribution is -2.20. The second kappa shape index (κ2) is 5.68. The van der Waals surface area contributed by atoms with E-state index in [2.05, 4.69) is 38.1 Å². The van der Waals surface area contributed by atoms with Crippen LogP contribution in [0.2, 0.25) is 0 Å². The zero-order valence-electron chi connectivity index (χ0n) is 11.2. The minimum atomic E-state index is 0.244. The summed E-state index contributed by atoms with van der Waals surface area (Å²) in [5.74, 6) is 1.62. The molecule has 0 saturated heterocycles. The van der Waals surface area contributed by atoms with Crippen LogP contribution in [0.4, 0.5) is 0 Å². The van der Waals surface area contributed by atoms with Gasteiger partial charge in [0.2, 0.25) is 0 Å². The number of hydrogen-bond donors (Lipinski definition) is 1. The Kier molecular flexibility index (Phi) is 4.22. The Balaban J connectivity index is 1.91. The molecule has 1 atom stereocenters. The van der Waals surface area contributed by atoms with Crippen LogP contribution in [0, 0.1) is 11.8 Å². The predicted octanol–water partition coefficient (Wildman–Crippen LogP) is 4.08. The van der Waals surface area contributed by atoms with Crippen molar-refractivity contribution in [3.63, 3.8) is 0 Å². The molecule has 1 heteroatoms. The van der Waals surface area contributed by atoms with Crippen molar-refractivity contribution in [3.05, 3.63) is 35.4 Å². The summed E-state index contributed by atoms with van der Waals surface area (Å²) in [6, 6.07) is 9.18. The highest BCUT2D eigenvalue weighted by molar-refractivity contribution is 5.25. The molecule has 2 N–H and O–H groups in total. The van der Waals surface area contributed by atoms with E-state index in [0.29, 0.717) is 0 Å². The standard InChI is InChI=1S/C16H25N/c1-12(2)10-14-6-8-15(9-7-14)16(17)11-13-4-3-5-13/h6-9,12-13,16H,3-5,10-11,17H2,1-2H3. The van der Waals surface area contributed by atoms with Gasteiger partial charge in [0.05, 0.1) is 0 Å². The second-order valence-corrected chi connectivity index (χ2v) is 5.98. The number of benzene rings is 1. The molecule has 1 aliphatic rings. The van der Waals surface area contributed by atoms with Crippen molar-refractivity contribution >= 4 is 0 Å². The summed E-state index contributed by atoms with van der Waals surface area (Å²) in [5, 5.41) is 0. The Hall–Kier alpha value is -0.820. The van der Waals surface area contributed by atoms with Gasteiger partial charge < -0.3 is 5.73 Å². The molecule has 1 unspecified atom stereocenters. The van der Waals surface area contributed by atoms with Crippen LogP contribution in [-0.4, -0.2) is 0 Å². The number of nitrogens with two attached hydrogens (primary N) is 1. The number of rotatable bonds is 5. The zero-order valence-corrected chi connectivity index (χ0v) is 11.2. The second-order valence-electron chi connectivity index (χ2n) is 5.98. The van der Waals surface area contributed by atoms with Gasteiger partial charge in [-0.1, -0.05) is 57.4 Å². The largest absolute Gasteiger partial charge is 0.324 e. The Bertz CT molecular complexity index is 335. The quantitative estimate of drug-likeness (QED) is 0.812. The molecule has 0 aromatic heterocycles. The maximum absolute atomic E-state index is 6.26. The van der Waals surface area contributed by atoms with Crippen molar-refractivity contribution in [1.82, 2.24) is 0 Å². The fraction of sp³-hybridized carbons (Fsp3) is 0.625. The third-order valence-corrected chi connectivity index (χ3v) is 3.86. The molecule has 1 aromatic rings. The van der Waals surface area contributed by atoms with E-state index in [9.17, 15) is 0 Å². The van der Waals surface area contributed by atoms with E-state index in [-0.39, 0.29) is 6.04 Å². The smallest absolute Gasteiger partial charge is 0.0297 e. The molecule has 94 valence electrons. The van der Waals surface area contributed by atoms with Gasteiger partial charge in [0.1, 0.15) is 0 Å². The molecule has 0 bridgehead atoms. The fourth-order valence-electron chi connectivity index (χ4n) is 2.60. The average molecular weight is 231 g/mol. The van der Waals surface area contributed by atoms with Gasteiger partial charge in [-0.25, -0.2) is 0 Å². The van der Waals surface area contributed by atoms with Crippen LogP contribution in [0.15, 0.2) is 24.3 Å². The summed E-state index contributed by atoms with van der Waals surface area (Å²) in [6.07, 6.45) is 6.52. The van der Waals surface area contributed by atoms with E-state index >= 15 is 0 Å². The molecule has 1 aromatic carbocycles. The molecule has 0 aliphatic heterocycles. The third-order valence-electron chi connectivity index (χ3n) is 3.86. The molecule has 0 spiro atoms. The van der Waals surface area contributed by atoms with Crippen LogP contribution in [0.5, 0.6) is 0 Å². The Labute approximate surface area is 105 Å². The summed E-state index contributed by atoms with van der Waals surface area (Å²) < 4.78 is 0. The van der Waals surface area contributed by atoms with Gasteiger partial charge in [0, 0.05) is 6.04 Å². The highest BCUT2D eigenvalue weighted by Crippen LogP contribution is 2.33. The summed E-state index contributed by atoms with van der Waals surface area (Å²) in [4.78, 5) is 0. The van der Waals surface area contributed by atoms with Crippen LogP contribution in [-0.2, 0) is 6.42 Å². The van der Waals surface area contributed by atoms with E-state index in [0.717, 1.165) is 18.3 Å². The molecule has 1 nitrogen and oxygen atoms in total. The lowest BCUT2D eigenvalue weighted by atomic mass is 9.80. The van der Waals surface area contributed by atoms with Gasteiger partial charge in [-0.3, -0.25) is 0 Å². The van der Waals surface area contributed by atoms with Crippen molar-refractivity contribution in [2.45, 2.75) is 52.0 Å². The highest BCUT2D eigenvalue weighted by Gasteiger charge is 2.20. The van der Waals surface area contributed by atoms with Gasteiger partial charge >= 0.3 is 0 Å². The minimum absolute atomic E-state index is 0.244. The van der Waals surface area contributed by atoms with Crippen molar-refractivity contribution in [2.75, 3.05) is 0 Å². The molecule has 1 saturated carbocycles. The van der Waals surface area contributed by atoms with Gasteiger partial charge in [-0.05, 0) is 35.8 Å². The summed E-state index contributed by atoms with van der Waals surface area (Å²) in [7, 11) is 0. The van der Waals surface area contributed by atoms with E-state index in [1.54, 1.807) is 0 Å².